The van der Waals surface area contributed by atoms with Gasteiger partial charge in [-0.2, -0.15) is 0 Å². The van der Waals surface area contributed by atoms with Crippen molar-refractivity contribution >= 4 is 7.26 Å². The van der Waals surface area contributed by atoms with Gasteiger partial charge >= 0.3 is 0 Å². The molecule has 0 amide bonds. The van der Waals surface area contributed by atoms with E-state index in [4.69, 9.17) is 0 Å². The second kappa shape index (κ2) is 21.7. The largest absolute Gasteiger partial charge is 0.0654 e. The lowest BCUT2D eigenvalue weighted by molar-refractivity contribution is 0.436. The molecule has 0 aliphatic rings. The molecule has 0 aromatic carbocycles. The van der Waals surface area contributed by atoms with Gasteiger partial charge in [-0.3, -0.25) is 0 Å². The number of hydrogen-bond acceptors (Lipinski definition) is 0. The summed E-state index contributed by atoms with van der Waals surface area (Å²) >= 11 is 0. The molecule has 1 atom stereocenters. The quantitative estimate of drug-likeness (QED) is 0.112. The van der Waals surface area contributed by atoms with E-state index in [-0.39, 0.29) is 0 Å². The lowest BCUT2D eigenvalue weighted by atomic mass is 9.96. The van der Waals surface area contributed by atoms with Gasteiger partial charge < -0.3 is 0 Å². The molecule has 0 aliphatic heterocycles. The maximum absolute atomic E-state index is 2.41. The van der Waals surface area contributed by atoms with E-state index in [1.807, 2.05) is 0 Å². The average Bonchev–Trinajstić information content (AvgIpc) is 2.74. The van der Waals surface area contributed by atoms with E-state index in [1.54, 1.807) is 37.5 Å². The van der Waals surface area contributed by atoms with Crippen LogP contribution in [0.2, 0.25) is 0 Å². The Balaban J connectivity index is 4.92. The summed E-state index contributed by atoms with van der Waals surface area (Å²) in [7, 11) is -0.724. The van der Waals surface area contributed by atoms with E-state index in [9.17, 15) is 0 Å². The molecule has 0 nitrogen and oxygen atoms in total. The van der Waals surface area contributed by atoms with Crippen LogP contribution in [0.3, 0.4) is 0 Å². The van der Waals surface area contributed by atoms with Gasteiger partial charge in [-0.25, -0.2) is 0 Å². The van der Waals surface area contributed by atoms with Crippen LogP contribution in [0, 0.1) is 5.92 Å². The van der Waals surface area contributed by atoms with Crippen molar-refractivity contribution in [3.8, 4) is 0 Å². The van der Waals surface area contributed by atoms with Crippen molar-refractivity contribution in [2.45, 2.75) is 150 Å². The Hall–Kier alpha value is 0.430. The molecular formula is C28H60P+. The van der Waals surface area contributed by atoms with E-state index < -0.39 is 7.26 Å². The smallest absolute Gasteiger partial charge is 0.0622 e. The first-order valence-electron chi connectivity index (χ1n) is 14.0. The van der Waals surface area contributed by atoms with Crippen molar-refractivity contribution in [1.29, 1.82) is 0 Å². The van der Waals surface area contributed by atoms with Crippen LogP contribution in [0.15, 0.2) is 0 Å². The summed E-state index contributed by atoms with van der Waals surface area (Å²) in [5.41, 5.74) is 0. The van der Waals surface area contributed by atoms with Crippen LogP contribution in [0.1, 0.15) is 150 Å². The minimum Gasteiger partial charge on any atom is -0.0654 e. The minimum absolute atomic E-state index is 0.724. The topological polar surface area (TPSA) is 0 Å². The first-order chi connectivity index (χ1) is 14.2. The third-order valence-corrected chi connectivity index (χ3v) is 12.1. The van der Waals surface area contributed by atoms with Crippen molar-refractivity contribution in [2.75, 3.05) is 24.6 Å². The van der Waals surface area contributed by atoms with E-state index in [2.05, 4.69) is 34.6 Å². The van der Waals surface area contributed by atoms with Crippen LogP contribution in [-0.4, -0.2) is 24.6 Å². The molecule has 1 unspecified atom stereocenters. The van der Waals surface area contributed by atoms with Crippen LogP contribution in [0.5, 0.6) is 0 Å². The van der Waals surface area contributed by atoms with Crippen molar-refractivity contribution in [2.24, 2.45) is 5.92 Å². The number of rotatable bonds is 23. The summed E-state index contributed by atoms with van der Waals surface area (Å²) in [6.45, 7) is 11.9. The van der Waals surface area contributed by atoms with Gasteiger partial charge in [0.05, 0.1) is 24.6 Å². The lowest BCUT2D eigenvalue weighted by Crippen LogP contribution is -2.19. The molecule has 1 heteroatoms. The van der Waals surface area contributed by atoms with Crippen LogP contribution >= 0.6 is 7.26 Å². The van der Waals surface area contributed by atoms with E-state index in [0.717, 1.165) is 5.92 Å². The Labute approximate surface area is 188 Å². The molecule has 0 aromatic heterocycles. The zero-order valence-electron chi connectivity index (χ0n) is 21.6. The summed E-state index contributed by atoms with van der Waals surface area (Å²) in [5, 5.41) is 0. The van der Waals surface area contributed by atoms with Crippen LogP contribution < -0.4 is 0 Å². The van der Waals surface area contributed by atoms with Crippen LogP contribution in [0.25, 0.3) is 0 Å². The molecule has 0 aliphatic carbocycles. The second-order valence-corrected chi connectivity index (χ2v) is 14.4. The molecule has 0 radical (unpaired) electrons. The Morgan fingerprint density at radius 3 is 1.17 bits per heavy atom. The second-order valence-electron chi connectivity index (χ2n) is 10.0. The predicted molar refractivity (Wildman–Crippen MR) is 141 cm³/mol. The zero-order valence-corrected chi connectivity index (χ0v) is 22.5. The zero-order chi connectivity index (χ0) is 21.6. The van der Waals surface area contributed by atoms with E-state index in [0.29, 0.717) is 0 Å². The van der Waals surface area contributed by atoms with Gasteiger partial charge in [-0.15, -0.1) is 0 Å². The maximum atomic E-state index is 2.41. The van der Waals surface area contributed by atoms with Crippen molar-refractivity contribution < 1.29 is 0 Å². The Bertz CT molecular complexity index is 290. The molecule has 0 aromatic rings. The Kier molecular flexibility index (Phi) is 22.0. The normalized spacial score (nSPS) is 13.1. The SMILES string of the molecule is CCCCCCCCC(CCCCCC)C[P+](CCCC)(CCCC)CCCC. The molecule has 0 fully saturated rings. The highest BCUT2D eigenvalue weighted by molar-refractivity contribution is 7.75. The predicted octanol–water partition coefficient (Wildman–Crippen LogP) is 10.7. The maximum Gasteiger partial charge on any atom is 0.0622 e. The first kappa shape index (κ1) is 29.4. The van der Waals surface area contributed by atoms with Gasteiger partial charge in [0.25, 0.3) is 0 Å². The van der Waals surface area contributed by atoms with Gasteiger partial charge in [0.1, 0.15) is 0 Å². The van der Waals surface area contributed by atoms with Crippen LogP contribution in [-0.2, 0) is 0 Å². The van der Waals surface area contributed by atoms with Gasteiger partial charge in [0, 0.05) is 7.26 Å². The molecule has 0 spiro atoms. The van der Waals surface area contributed by atoms with Crippen molar-refractivity contribution in [1.82, 2.24) is 0 Å². The fourth-order valence-electron chi connectivity index (χ4n) is 5.04. The van der Waals surface area contributed by atoms with E-state index in [1.165, 1.54) is 103 Å². The average molecular weight is 428 g/mol. The van der Waals surface area contributed by atoms with Crippen molar-refractivity contribution in [3.63, 3.8) is 0 Å². The molecule has 0 saturated carbocycles. The van der Waals surface area contributed by atoms with Gasteiger partial charge in [-0.05, 0) is 38.0 Å². The summed E-state index contributed by atoms with van der Waals surface area (Å²) in [6, 6.07) is 0. The molecule has 176 valence electrons. The molecule has 29 heavy (non-hydrogen) atoms. The summed E-state index contributed by atoms with van der Waals surface area (Å²) in [4.78, 5) is 0. The number of unbranched alkanes of at least 4 members (excludes halogenated alkanes) is 11. The first-order valence-corrected chi connectivity index (χ1v) is 16.6. The molecule has 0 rings (SSSR count). The molecule has 0 N–H and O–H groups in total. The molecule has 0 bridgehead atoms. The van der Waals surface area contributed by atoms with Gasteiger partial charge in [0.15, 0.2) is 0 Å². The summed E-state index contributed by atoms with van der Waals surface area (Å²) in [5.74, 6) is 1.05. The number of hydrogen-bond donors (Lipinski definition) is 0. The van der Waals surface area contributed by atoms with Gasteiger partial charge in [0.2, 0.25) is 0 Å². The summed E-state index contributed by atoms with van der Waals surface area (Å²) in [6.07, 6.45) is 32.9. The van der Waals surface area contributed by atoms with Gasteiger partial charge in [-0.1, -0.05) is 118 Å². The monoisotopic (exact) mass is 427 g/mol. The van der Waals surface area contributed by atoms with Crippen LogP contribution in [0.4, 0.5) is 0 Å². The molecular weight excluding hydrogens is 367 g/mol. The molecule has 0 saturated heterocycles. The highest BCUT2D eigenvalue weighted by Gasteiger charge is 2.37. The lowest BCUT2D eigenvalue weighted by Gasteiger charge is -2.32. The fourth-order valence-corrected chi connectivity index (χ4v) is 10.7. The summed E-state index contributed by atoms with van der Waals surface area (Å²) < 4.78 is 0. The highest BCUT2D eigenvalue weighted by atomic mass is 31.2. The van der Waals surface area contributed by atoms with E-state index >= 15 is 0 Å². The standard InChI is InChI=1S/C28H60P/c1-6-11-16-18-19-21-23-28(22-20-17-12-7-2)27-29(24-13-8-3,25-14-9-4)26-15-10-5/h28H,6-27H2,1-5H3/q+1. The van der Waals surface area contributed by atoms with Crippen molar-refractivity contribution in [3.05, 3.63) is 0 Å². The highest BCUT2D eigenvalue weighted by Crippen LogP contribution is 2.62. The third-order valence-electron chi connectivity index (χ3n) is 7.04. The minimum atomic E-state index is -0.724. The fraction of sp³-hybridized carbons (Fsp3) is 1.00. The molecule has 0 heterocycles. The Morgan fingerprint density at radius 1 is 0.414 bits per heavy atom. The Morgan fingerprint density at radius 2 is 0.759 bits per heavy atom. The third kappa shape index (κ3) is 16.8.